The van der Waals surface area contributed by atoms with Crippen molar-refractivity contribution in [3.05, 3.63) is 112 Å². The molecule has 2 atom stereocenters. The molecule has 17 nitrogen and oxygen atoms in total. The van der Waals surface area contributed by atoms with Crippen LogP contribution < -0.4 is 30.1 Å². The maximum atomic E-state index is 15.2. The van der Waals surface area contributed by atoms with Gasteiger partial charge < -0.3 is 19.4 Å². The zero-order valence-electron chi connectivity index (χ0n) is 36.9. The number of fused-ring (bicyclic) bond motifs is 2. The summed E-state index contributed by atoms with van der Waals surface area (Å²) in [7, 11) is -4.25. The van der Waals surface area contributed by atoms with Crippen LogP contribution in [-0.4, -0.2) is 121 Å². The minimum absolute atomic E-state index is 0.0148. The monoisotopic (exact) mass is 946 g/mol. The van der Waals surface area contributed by atoms with Crippen molar-refractivity contribution in [1.82, 2.24) is 29.0 Å². The standard InChI is InChI=1S/C48H48F2N10O7S/c49-32-14-17-58(28-32)68(65,66)54-42-9-7-40(50)45(39(42)25-51)67-36-5-8-41-38(24-36)48(64)60(29-52-41)35-3-1-2-33(23-35)57-20-18-55(19-21-57)26-30-12-15-56(16-13-30)34-4-6-37-31(22-34)27-59(47(37)63)43-10-11-44(61)53-46(43)62/h1-9,22-24,29-30,32,43,54H,10-21,26-28H2,(H,53,61,62)/t32-,43?/m1/s1. The molecule has 68 heavy (non-hydrogen) atoms. The maximum Gasteiger partial charge on any atom is 0.301 e. The molecule has 5 aromatic rings. The summed E-state index contributed by atoms with van der Waals surface area (Å²) in [5.74, 6) is -1.80. The number of carbonyl (C=O) groups excluding carboxylic acids is 3. The molecule has 0 bridgehead atoms. The fraction of sp³-hybridized carbons (Fsp3) is 0.375. The van der Waals surface area contributed by atoms with Gasteiger partial charge in [-0.25, -0.2) is 13.8 Å². The van der Waals surface area contributed by atoms with E-state index in [2.05, 4.69) is 35.8 Å². The van der Waals surface area contributed by atoms with E-state index in [1.165, 1.54) is 29.1 Å². The third kappa shape index (κ3) is 8.84. The van der Waals surface area contributed by atoms with Gasteiger partial charge in [-0.15, -0.1) is 0 Å². The minimum Gasteiger partial charge on any atom is -0.453 e. The second-order valence-corrected chi connectivity index (χ2v) is 19.6. The summed E-state index contributed by atoms with van der Waals surface area (Å²) in [5.41, 5.74) is 3.43. The van der Waals surface area contributed by atoms with E-state index in [0.29, 0.717) is 35.7 Å². The number of benzene rings is 4. The largest absolute Gasteiger partial charge is 0.453 e. The van der Waals surface area contributed by atoms with E-state index in [9.17, 15) is 37.2 Å². The van der Waals surface area contributed by atoms with E-state index in [1.54, 1.807) is 4.90 Å². The lowest BCUT2D eigenvalue weighted by atomic mass is 9.95. The molecule has 4 aromatic carbocycles. The predicted octanol–water partition coefficient (Wildman–Crippen LogP) is 4.69. The second-order valence-electron chi connectivity index (χ2n) is 17.9. The number of carbonyl (C=O) groups is 3. The summed E-state index contributed by atoms with van der Waals surface area (Å²) in [5, 5.41) is 12.5. The van der Waals surface area contributed by atoms with Crippen molar-refractivity contribution in [2.75, 3.05) is 73.4 Å². The number of rotatable bonds is 11. The number of piperidine rings is 2. The maximum absolute atomic E-state index is 15.2. The Balaban J connectivity index is 0.753. The van der Waals surface area contributed by atoms with E-state index in [0.717, 1.165) is 92.0 Å². The molecule has 3 amide bonds. The molecule has 4 saturated heterocycles. The Bertz CT molecular complexity index is 3060. The third-order valence-electron chi connectivity index (χ3n) is 13.7. The average molecular weight is 947 g/mol. The lowest BCUT2D eigenvalue weighted by Gasteiger charge is -2.40. The van der Waals surface area contributed by atoms with Crippen molar-refractivity contribution in [3.63, 3.8) is 0 Å². The number of hydrogen-bond donors (Lipinski definition) is 2. The Labute approximate surface area is 390 Å². The van der Waals surface area contributed by atoms with Crippen LogP contribution >= 0.6 is 0 Å². The Morgan fingerprint density at radius 1 is 0.853 bits per heavy atom. The summed E-state index contributed by atoms with van der Waals surface area (Å²) in [4.78, 5) is 64.6. The number of anilines is 3. The van der Waals surface area contributed by atoms with Gasteiger partial charge in [-0.1, -0.05) is 6.07 Å². The van der Waals surface area contributed by atoms with Crippen LogP contribution in [0.25, 0.3) is 16.6 Å². The first-order chi connectivity index (χ1) is 32.8. The highest BCUT2D eigenvalue weighted by atomic mass is 32.2. The number of nitrogens with one attached hydrogen (secondary N) is 2. The number of piperazine rings is 1. The summed E-state index contributed by atoms with van der Waals surface area (Å²) >= 11 is 0. The van der Waals surface area contributed by atoms with Gasteiger partial charge >= 0.3 is 10.2 Å². The minimum atomic E-state index is -4.25. The molecular weight excluding hydrogens is 899 g/mol. The Morgan fingerprint density at radius 3 is 2.37 bits per heavy atom. The fourth-order valence-electron chi connectivity index (χ4n) is 9.95. The predicted molar refractivity (Wildman–Crippen MR) is 248 cm³/mol. The van der Waals surface area contributed by atoms with Crippen molar-refractivity contribution in [1.29, 1.82) is 5.26 Å². The zero-order valence-corrected chi connectivity index (χ0v) is 37.8. The van der Waals surface area contributed by atoms with Crippen LogP contribution in [0.3, 0.4) is 0 Å². The molecule has 0 spiro atoms. The number of alkyl halides is 1. The SMILES string of the molecule is N#Cc1c(NS(=O)(=O)N2CC[C@@H](F)C2)ccc(F)c1Oc1ccc2ncn(-c3cccc(N4CCN(CC5CCN(c6ccc7c(c6)CN(C6CCC(=O)NC6=O)C7=O)CC5)CC4)c3)c(=O)c2c1. The number of ether oxygens (including phenoxy) is 1. The molecule has 0 aliphatic carbocycles. The Hall–Kier alpha value is -6.95. The van der Waals surface area contributed by atoms with Crippen LogP contribution in [0.4, 0.5) is 25.8 Å². The van der Waals surface area contributed by atoms with Gasteiger partial charge in [0.15, 0.2) is 11.6 Å². The van der Waals surface area contributed by atoms with Gasteiger partial charge in [-0.3, -0.25) is 38.7 Å². The van der Waals surface area contributed by atoms with Crippen LogP contribution in [0, 0.1) is 23.1 Å². The smallest absolute Gasteiger partial charge is 0.301 e. The molecular formula is C48H48F2N10O7S. The quantitative estimate of drug-likeness (QED) is 0.174. The first-order valence-corrected chi connectivity index (χ1v) is 24.2. The first-order valence-electron chi connectivity index (χ1n) is 22.8. The van der Waals surface area contributed by atoms with Gasteiger partial charge in [0, 0.05) is 88.8 Å². The lowest BCUT2D eigenvalue weighted by molar-refractivity contribution is -0.136. The molecule has 10 rings (SSSR count). The van der Waals surface area contributed by atoms with Gasteiger partial charge in [0.25, 0.3) is 11.5 Å². The van der Waals surface area contributed by atoms with Crippen molar-refractivity contribution in [2.45, 2.75) is 50.9 Å². The van der Waals surface area contributed by atoms with E-state index < -0.39 is 51.0 Å². The van der Waals surface area contributed by atoms with Gasteiger partial charge in [0.05, 0.1) is 22.3 Å². The molecule has 4 fully saturated rings. The van der Waals surface area contributed by atoms with Crippen LogP contribution in [0.15, 0.2) is 83.9 Å². The topological polar surface area (TPSA) is 194 Å². The van der Waals surface area contributed by atoms with E-state index in [1.807, 2.05) is 42.5 Å². The second kappa shape index (κ2) is 18.3. The van der Waals surface area contributed by atoms with E-state index >= 15 is 4.39 Å². The van der Waals surface area contributed by atoms with Gasteiger partial charge in [-0.05, 0) is 104 Å². The van der Waals surface area contributed by atoms with Crippen molar-refractivity contribution in [2.24, 2.45) is 5.92 Å². The summed E-state index contributed by atoms with van der Waals surface area (Å²) in [6.07, 6.45) is 2.82. The molecule has 1 unspecified atom stereocenters. The molecule has 1 aromatic heterocycles. The van der Waals surface area contributed by atoms with Crippen LogP contribution in [0.5, 0.6) is 11.5 Å². The highest BCUT2D eigenvalue weighted by Gasteiger charge is 2.39. The van der Waals surface area contributed by atoms with Crippen molar-refractivity contribution >= 4 is 55.9 Å². The summed E-state index contributed by atoms with van der Waals surface area (Å²) in [6.45, 7) is 6.17. The fourth-order valence-corrected chi connectivity index (χ4v) is 11.2. The highest BCUT2D eigenvalue weighted by molar-refractivity contribution is 7.90. The Kier molecular flexibility index (Phi) is 12.1. The number of halogens is 2. The number of hydrogen-bond acceptors (Lipinski definition) is 12. The molecule has 5 aliphatic rings. The summed E-state index contributed by atoms with van der Waals surface area (Å²) in [6, 6.07) is 21.2. The molecule has 6 heterocycles. The van der Waals surface area contributed by atoms with Crippen LogP contribution in [0.2, 0.25) is 0 Å². The van der Waals surface area contributed by atoms with Gasteiger partial charge in [0.2, 0.25) is 11.8 Å². The number of imide groups is 1. The number of amides is 3. The van der Waals surface area contributed by atoms with Crippen molar-refractivity contribution in [3.8, 4) is 23.3 Å². The molecule has 20 heteroatoms. The molecule has 0 radical (unpaired) electrons. The number of nitriles is 1. The highest BCUT2D eigenvalue weighted by Crippen LogP contribution is 2.36. The molecule has 352 valence electrons. The number of aromatic nitrogens is 2. The van der Waals surface area contributed by atoms with Crippen molar-refractivity contribution < 1.29 is 36.3 Å². The Morgan fingerprint density at radius 2 is 1.62 bits per heavy atom. The summed E-state index contributed by atoms with van der Waals surface area (Å²) < 4.78 is 65.3. The average Bonchev–Trinajstić information content (AvgIpc) is 3.93. The lowest BCUT2D eigenvalue weighted by Crippen LogP contribution is -2.52. The molecule has 2 N–H and O–H groups in total. The van der Waals surface area contributed by atoms with Crippen LogP contribution in [0.1, 0.15) is 53.6 Å². The zero-order chi connectivity index (χ0) is 47.3. The third-order valence-corrected chi connectivity index (χ3v) is 15.2. The normalized spacial score (nSPS) is 20.7. The van der Waals surface area contributed by atoms with E-state index in [4.69, 9.17) is 4.74 Å². The molecule has 0 saturated carbocycles. The van der Waals surface area contributed by atoms with Gasteiger partial charge in [-0.2, -0.15) is 18.0 Å². The molecule has 5 aliphatic heterocycles. The van der Waals surface area contributed by atoms with Crippen LogP contribution in [-0.2, 0) is 26.3 Å². The number of nitrogens with zero attached hydrogens (tertiary/aromatic N) is 8. The first kappa shape index (κ1) is 44.9. The van der Waals surface area contributed by atoms with E-state index in [-0.39, 0.29) is 54.6 Å². The van der Waals surface area contributed by atoms with Gasteiger partial charge in [0.1, 0.15) is 35.9 Å².